The molecule has 0 aliphatic rings. The molecule has 0 aromatic heterocycles. The largest absolute Gasteiger partial charge is 0.278 e. The number of anilines is 1. The summed E-state index contributed by atoms with van der Waals surface area (Å²) in [4.78, 5) is 10.1. The second kappa shape index (κ2) is 6.17. The molecule has 2 aromatic carbocycles. The predicted molar refractivity (Wildman–Crippen MR) is 85.0 cm³/mol. The van der Waals surface area contributed by atoms with E-state index in [1.165, 1.54) is 28.8 Å². The van der Waals surface area contributed by atoms with Gasteiger partial charge in [0, 0.05) is 17.7 Å². The fourth-order valence-corrected chi connectivity index (χ4v) is 2.22. The van der Waals surface area contributed by atoms with Crippen LogP contribution in [-0.4, -0.2) is 11.1 Å². The molecule has 0 atom stereocenters. The van der Waals surface area contributed by atoms with Crippen molar-refractivity contribution in [3.63, 3.8) is 0 Å². The Morgan fingerprint density at radius 2 is 1.67 bits per heavy atom. The molecular formula is C16H17N3O2. The van der Waals surface area contributed by atoms with Crippen molar-refractivity contribution in [2.24, 2.45) is 5.10 Å². The van der Waals surface area contributed by atoms with Crippen molar-refractivity contribution in [1.29, 1.82) is 0 Å². The molecule has 0 aliphatic carbocycles. The molecule has 108 valence electrons. The van der Waals surface area contributed by atoms with Crippen LogP contribution in [0.4, 0.5) is 11.4 Å². The second-order valence-electron chi connectivity index (χ2n) is 4.99. The maximum absolute atomic E-state index is 10.6. The van der Waals surface area contributed by atoms with E-state index in [-0.39, 0.29) is 5.69 Å². The summed E-state index contributed by atoms with van der Waals surface area (Å²) < 4.78 is 0. The molecule has 21 heavy (non-hydrogen) atoms. The minimum Gasteiger partial charge on any atom is -0.278 e. The van der Waals surface area contributed by atoms with Gasteiger partial charge in [-0.25, -0.2) is 0 Å². The first kappa shape index (κ1) is 14.7. The Kier molecular flexibility index (Phi) is 4.33. The first-order chi connectivity index (χ1) is 9.97. The lowest BCUT2D eigenvalue weighted by atomic mass is 10.0. The van der Waals surface area contributed by atoms with Gasteiger partial charge in [0.1, 0.15) is 0 Å². The Morgan fingerprint density at radius 1 is 1.10 bits per heavy atom. The van der Waals surface area contributed by atoms with Crippen molar-refractivity contribution in [2.45, 2.75) is 20.8 Å². The SMILES string of the molecule is Cc1cc(C)c(C=NNc2ccc([N+](=O)[O-])cc2)c(C)c1. The quantitative estimate of drug-likeness (QED) is 0.524. The topological polar surface area (TPSA) is 67.5 Å². The van der Waals surface area contributed by atoms with E-state index in [4.69, 9.17) is 0 Å². The third-order valence-corrected chi connectivity index (χ3v) is 3.20. The molecule has 1 N–H and O–H groups in total. The number of nitro groups is 1. The fourth-order valence-electron chi connectivity index (χ4n) is 2.22. The third kappa shape index (κ3) is 3.66. The standard InChI is InChI=1S/C16H17N3O2/c1-11-8-12(2)16(13(3)9-11)10-17-18-14-4-6-15(7-5-14)19(20)21/h4-10,18H,1-3H3. The van der Waals surface area contributed by atoms with Crippen molar-refractivity contribution < 1.29 is 4.92 Å². The van der Waals surface area contributed by atoms with Crippen LogP contribution < -0.4 is 5.43 Å². The summed E-state index contributed by atoms with van der Waals surface area (Å²) in [7, 11) is 0. The monoisotopic (exact) mass is 283 g/mol. The molecule has 0 aliphatic heterocycles. The van der Waals surface area contributed by atoms with Crippen molar-refractivity contribution in [3.05, 3.63) is 68.8 Å². The Balaban J connectivity index is 2.11. The van der Waals surface area contributed by atoms with Crippen LogP contribution in [0.3, 0.4) is 0 Å². The average molecular weight is 283 g/mol. The van der Waals surface area contributed by atoms with E-state index < -0.39 is 4.92 Å². The molecule has 0 unspecified atom stereocenters. The lowest BCUT2D eigenvalue weighted by Gasteiger charge is -2.06. The molecule has 0 saturated heterocycles. The molecule has 0 bridgehead atoms. The van der Waals surface area contributed by atoms with Gasteiger partial charge in [0.05, 0.1) is 16.8 Å². The van der Waals surface area contributed by atoms with Crippen LogP contribution in [0.15, 0.2) is 41.5 Å². The van der Waals surface area contributed by atoms with E-state index >= 15 is 0 Å². The van der Waals surface area contributed by atoms with Crippen LogP contribution in [0.25, 0.3) is 0 Å². The van der Waals surface area contributed by atoms with Gasteiger partial charge < -0.3 is 0 Å². The van der Waals surface area contributed by atoms with E-state index in [0.29, 0.717) is 5.69 Å². The van der Waals surface area contributed by atoms with Gasteiger partial charge in [0.15, 0.2) is 0 Å². The highest BCUT2D eigenvalue weighted by Gasteiger charge is 2.03. The van der Waals surface area contributed by atoms with Gasteiger partial charge in [-0.2, -0.15) is 5.10 Å². The summed E-state index contributed by atoms with van der Waals surface area (Å²) >= 11 is 0. The van der Waals surface area contributed by atoms with Crippen molar-refractivity contribution in [3.8, 4) is 0 Å². The predicted octanol–water partition coefficient (Wildman–Crippen LogP) is 3.97. The number of hydrogen-bond donors (Lipinski definition) is 1. The minimum absolute atomic E-state index is 0.0646. The highest BCUT2D eigenvalue weighted by atomic mass is 16.6. The summed E-state index contributed by atoms with van der Waals surface area (Å²) in [5.74, 6) is 0. The van der Waals surface area contributed by atoms with Crippen LogP contribution in [0.1, 0.15) is 22.3 Å². The van der Waals surface area contributed by atoms with E-state index in [9.17, 15) is 10.1 Å². The van der Waals surface area contributed by atoms with Gasteiger partial charge in [-0.3, -0.25) is 15.5 Å². The number of non-ortho nitro benzene ring substituents is 1. The first-order valence-electron chi connectivity index (χ1n) is 6.59. The van der Waals surface area contributed by atoms with E-state index in [1.807, 2.05) is 13.8 Å². The van der Waals surface area contributed by atoms with Gasteiger partial charge in [0.2, 0.25) is 0 Å². The number of benzene rings is 2. The van der Waals surface area contributed by atoms with Crippen LogP contribution in [0.2, 0.25) is 0 Å². The van der Waals surface area contributed by atoms with Crippen LogP contribution in [0.5, 0.6) is 0 Å². The molecule has 5 heteroatoms. The van der Waals surface area contributed by atoms with Gasteiger partial charge in [-0.15, -0.1) is 0 Å². The summed E-state index contributed by atoms with van der Waals surface area (Å²) in [6.45, 7) is 6.16. The first-order valence-corrected chi connectivity index (χ1v) is 6.59. The van der Waals surface area contributed by atoms with E-state index in [0.717, 1.165) is 5.56 Å². The summed E-state index contributed by atoms with van der Waals surface area (Å²) in [5, 5.41) is 14.8. The zero-order valence-electron chi connectivity index (χ0n) is 12.3. The van der Waals surface area contributed by atoms with Gasteiger partial charge >= 0.3 is 0 Å². The third-order valence-electron chi connectivity index (χ3n) is 3.20. The lowest BCUT2D eigenvalue weighted by molar-refractivity contribution is -0.384. The van der Waals surface area contributed by atoms with Crippen LogP contribution in [-0.2, 0) is 0 Å². The van der Waals surface area contributed by atoms with E-state index in [2.05, 4.69) is 29.6 Å². The molecule has 5 nitrogen and oxygen atoms in total. The number of rotatable bonds is 4. The Bertz CT molecular complexity index is 668. The molecule has 0 fully saturated rings. The zero-order valence-corrected chi connectivity index (χ0v) is 12.3. The molecule has 2 rings (SSSR count). The Hall–Kier alpha value is -2.69. The number of hydrazone groups is 1. The normalized spacial score (nSPS) is 10.8. The van der Waals surface area contributed by atoms with E-state index in [1.54, 1.807) is 18.3 Å². The molecule has 0 heterocycles. The Labute approximate surface area is 123 Å². The number of nitrogens with zero attached hydrogens (tertiary/aromatic N) is 2. The smallest absolute Gasteiger partial charge is 0.269 e. The summed E-state index contributed by atoms with van der Waals surface area (Å²) in [6.07, 6.45) is 1.77. The van der Waals surface area contributed by atoms with Crippen LogP contribution in [0, 0.1) is 30.9 Å². The number of aryl methyl sites for hydroxylation is 3. The van der Waals surface area contributed by atoms with Crippen LogP contribution >= 0.6 is 0 Å². The molecular weight excluding hydrogens is 266 g/mol. The maximum atomic E-state index is 10.6. The lowest BCUT2D eigenvalue weighted by Crippen LogP contribution is -1.96. The van der Waals surface area contributed by atoms with Gasteiger partial charge in [-0.1, -0.05) is 17.7 Å². The number of hydrogen-bond acceptors (Lipinski definition) is 4. The summed E-state index contributed by atoms with van der Waals surface area (Å²) in [6, 6.07) is 10.4. The zero-order chi connectivity index (χ0) is 15.4. The number of nitrogens with one attached hydrogen (secondary N) is 1. The number of nitro benzene ring substituents is 1. The molecule has 0 amide bonds. The molecule has 0 spiro atoms. The molecule has 0 saturated carbocycles. The van der Waals surface area contributed by atoms with Crippen molar-refractivity contribution in [1.82, 2.24) is 0 Å². The minimum atomic E-state index is -0.425. The fraction of sp³-hybridized carbons (Fsp3) is 0.188. The maximum Gasteiger partial charge on any atom is 0.269 e. The van der Waals surface area contributed by atoms with Crippen molar-refractivity contribution in [2.75, 3.05) is 5.43 Å². The van der Waals surface area contributed by atoms with Crippen molar-refractivity contribution >= 4 is 17.6 Å². The van der Waals surface area contributed by atoms with Gasteiger partial charge in [0.25, 0.3) is 5.69 Å². The average Bonchev–Trinajstić information content (AvgIpc) is 2.42. The Morgan fingerprint density at radius 3 is 2.19 bits per heavy atom. The summed E-state index contributed by atoms with van der Waals surface area (Å²) in [5.41, 5.74) is 8.29. The molecule has 0 radical (unpaired) electrons. The highest BCUT2D eigenvalue weighted by Crippen LogP contribution is 2.16. The molecule has 2 aromatic rings. The van der Waals surface area contributed by atoms with Gasteiger partial charge in [-0.05, 0) is 44.0 Å². The second-order valence-corrected chi connectivity index (χ2v) is 4.99. The highest BCUT2D eigenvalue weighted by molar-refractivity contribution is 5.84.